The summed E-state index contributed by atoms with van der Waals surface area (Å²) < 4.78 is 0. The fraction of sp³-hybridized carbons (Fsp3) is 0.111. The Balaban J connectivity index is 2.06. The Morgan fingerprint density at radius 2 is 2.15 bits per heavy atom. The molecule has 0 spiro atoms. The van der Waals surface area contributed by atoms with Crippen molar-refractivity contribution in [1.29, 1.82) is 0 Å². The minimum atomic E-state index is -0.633. The molecule has 0 aliphatic carbocycles. The molecule has 0 aliphatic heterocycles. The van der Waals surface area contributed by atoms with Crippen molar-refractivity contribution in [3.8, 4) is 11.3 Å². The van der Waals surface area contributed by atoms with Crippen LogP contribution in [0.2, 0.25) is 0 Å². The second-order valence-electron chi connectivity index (χ2n) is 5.75. The molecule has 0 unspecified atom stereocenters. The Morgan fingerprint density at radius 3 is 2.85 bits per heavy atom. The number of primary amides is 1. The van der Waals surface area contributed by atoms with Gasteiger partial charge in [0.05, 0.1) is 16.9 Å². The molecule has 3 aromatic rings. The number of hydrogen-bond donors (Lipinski definition) is 5. The van der Waals surface area contributed by atoms with E-state index >= 15 is 0 Å². The molecule has 9 heteroatoms. The summed E-state index contributed by atoms with van der Waals surface area (Å²) >= 11 is 0. The fourth-order valence-corrected chi connectivity index (χ4v) is 2.74. The van der Waals surface area contributed by atoms with Crippen molar-refractivity contribution in [2.45, 2.75) is 6.92 Å². The molecule has 6 N–H and O–H groups in total. The van der Waals surface area contributed by atoms with Crippen LogP contribution in [-0.4, -0.2) is 34.3 Å². The first-order valence-corrected chi connectivity index (χ1v) is 8.13. The van der Waals surface area contributed by atoms with Gasteiger partial charge in [0.15, 0.2) is 0 Å². The van der Waals surface area contributed by atoms with Gasteiger partial charge in [-0.05, 0) is 18.6 Å². The summed E-state index contributed by atoms with van der Waals surface area (Å²) in [5.74, 6) is -0.390. The molecule has 138 valence electrons. The summed E-state index contributed by atoms with van der Waals surface area (Å²) in [4.78, 5) is 34.2. The lowest BCUT2D eigenvalue weighted by atomic mass is 10.1. The van der Waals surface area contributed by atoms with Gasteiger partial charge in [0.2, 0.25) is 12.4 Å². The number of aromatic amines is 1. The van der Waals surface area contributed by atoms with Gasteiger partial charge in [0.1, 0.15) is 5.70 Å². The number of rotatable bonds is 7. The Kier molecular flexibility index (Phi) is 5.02. The molecule has 3 rings (SSSR count). The molecular weight excluding hydrogens is 346 g/mol. The topological polar surface area (TPSA) is 138 Å². The van der Waals surface area contributed by atoms with E-state index in [1.165, 1.54) is 6.20 Å². The van der Waals surface area contributed by atoms with Crippen molar-refractivity contribution in [2.75, 3.05) is 17.7 Å². The fourth-order valence-electron chi connectivity index (χ4n) is 2.74. The molecule has 2 aromatic heterocycles. The molecule has 0 atom stereocenters. The number of nitrogens with one attached hydrogen (secondary N) is 4. The minimum Gasteiger partial charge on any atom is -0.392 e. The highest BCUT2D eigenvalue weighted by Crippen LogP contribution is 2.33. The van der Waals surface area contributed by atoms with E-state index in [2.05, 4.69) is 30.9 Å². The van der Waals surface area contributed by atoms with Crippen LogP contribution in [0.25, 0.3) is 22.2 Å². The zero-order chi connectivity index (χ0) is 19.4. The molecule has 0 aliphatic rings. The average molecular weight is 365 g/mol. The predicted molar refractivity (Wildman–Crippen MR) is 104 cm³/mol. The number of carbonyl (C=O) groups is 2. The van der Waals surface area contributed by atoms with Crippen LogP contribution in [0.4, 0.5) is 11.6 Å². The highest BCUT2D eigenvalue weighted by molar-refractivity contribution is 6.03. The van der Waals surface area contributed by atoms with E-state index in [1.54, 1.807) is 19.3 Å². The number of para-hydroxylation sites is 1. The van der Waals surface area contributed by atoms with Crippen LogP contribution < -0.4 is 21.7 Å². The van der Waals surface area contributed by atoms with E-state index in [0.29, 0.717) is 17.8 Å². The number of amides is 2. The maximum absolute atomic E-state index is 11.5. The molecule has 27 heavy (non-hydrogen) atoms. The van der Waals surface area contributed by atoms with Crippen LogP contribution >= 0.6 is 0 Å². The number of benzene rings is 1. The highest BCUT2D eigenvalue weighted by Gasteiger charge is 2.15. The third-order valence-corrected chi connectivity index (χ3v) is 3.96. The van der Waals surface area contributed by atoms with Crippen molar-refractivity contribution in [3.63, 3.8) is 0 Å². The number of aromatic nitrogens is 3. The van der Waals surface area contributed by atoms with Crippen molar-refractivity contribution in [1.82, 2.24) is 20.3 Å². The van der Waals surface area contributed by atoms with Crippen LogP contribution in [0.5, 0.6) is 0 Å². The normalized spacial score (nSPS) is 11.3. The van der Waals surface area contributed by atoms with Gasteiger partial charge in [-0.2, -0.15) is 0 Å². The average Bonchev–Trinajstić information content (AvgIpc) is 3.08. The standard InChI is InChI=1S/C18H19N7O2/c1-10-6-22-18(24-14(8-20-2)17(19)27)25-15(10)12-7-21-16-11(12)4-3-5-13(16)23-9-26/h3-9,20-21H,1-2H3,(H2,19,27)(H,23,26)(H,22,24,25)/b14-8+. The van der Waals surface area contributed by atoms with Crippen molar-refractivity contribution in [3.05, 3.63) is 48.1 Å². The maximum atomic E-state index is 11.5. The summed E-state index contributed by atoms with van der Waals surface area (Å²) in [7, 11) is 1.66. The number of nitrogens with zero attached hydrogens (tertiary/aromatic N) is 2. The first-order chi connectivity index (χ1) is 13.0. The van der Waals surface area contributed by atoms with E-state index in [-0.39, 0.29) is 11.6 Å². The van der Waals surface area contributed by atoms with E-state index in [1.807, 2.05) is 25.3 Å². The van der Waals surface area contributed by atoms with Gasteiger partial charge >= 0.3 is 0 Å². The number of carbonyl (C=O) groups excluding carboxylic acids is 2. The molecule has 9 nitrogen and oxygen atoms in total. The molecular formula is C18H19N7O2. The lowest BCUT2D eigenvalue weighted by Crippen LogP contribution is -2.22. The van der Waals surface area contributed by atoms with E-state index in [4.69, 9.17) is 5.73 Å². The number of H-pyrrole nitrogens is 1. The van der Waals surface area contributed by atoms with Gasteiger partial charge in [-0.3, -0.25) is 9.59 Å². The van der Waals surface area contributed by atoms with Crippen LogP contribution in [0.15, 0.2) is 42.5 Å². The maximum Gasteiger partial charge on any atom is 0.266 e. The third-order valence-electron chi connectivity index (χ3n) is 3.96. The molecule has 0 fully saturated rings. The smallest absolute Gasteiger partial charge is 0.266 e. The summed E-state index contributed by atoms with van der Waals surface area (Å²) in [5.41, 5.74) is 9.35. The summed E-state index contributed by atoms with van der Waals surface area (Å²) in [6.07, 6.45) is 5.55. The van der Waals surface area contributed by atoms with Crippen LogP contribution in [0, 0.1) is 6.92 Å². The summed E-state index contributed by atoms with van der Waals surface area (Å²) in [6.45, 7) is 1.89. The Bertz CT molecular complexity index is 1040. The number of hydrogen-bond acceptors (Lipinski definition) is 6. The van der Waals surface area contributed by atoms with Gasteiger partial charge in [-0.15, -0.1) is 0 Å². The number of anilines is 2. The number of nitrogens with two attached hydrogens (primary N) is 1. The Hall–Kier alpha value is -3.88. The van der Waals surface area contributed by atoms with Gasteiger partial charge in [0.25, 0.3) is 5.91 Å². The zero-order valence-electron chi connectivity index (χ0n) is 14.8. The second kappa shape index (κ2) is 7.56. The molecule has 2 heterocycles. The lowest BCUT2D eigenvalue weighted by molar-refractivity contribution is -0.114. The summed E-state index contributed by atoms with van der Waals surface area (Å²) in [6, 6.07) is 5.59. The van der Waals surface area contributed by atoms with Crippen molar-refractivity contribution in [2.24, 2.45) is 5.73 Å². The summed E-state index contributed by atoms with van der Waals surface area (Å²) in [5, 5.41) is 9.14. The van der Waals surface area contributed by atoms with Crippen molar-refractivity contribution >= 4 is 34.9 Å². The minimum absolute atomic E-state index is 0.142. The molecule has 0 radical (unpaired) electrons. The SMILES string of the molecule is CN/C=C(/Nc1ncc(C)c(-c2c[nH]c3c(NC=O)cccc23)n1)C(N)=O. The molecule has 0 bridgehead atoms. The molecule has 2 amide bonds. The highest BCUT2D eigenvalue weighted by atomic mass is 16.1. The quantitative estimate of drug-likeness (QED) is 0.317. The second-order valence-corrected chi connectivity index (χ2v) is 5.75. The van der Waals surface area contributed by atoms with Gasteiger partial charge in [-0.1, -0.05) is 12.1 Å². The van der Waals surface area contributed by atoms with Crippen LogP contribution in [-0.2, 0) is 9.59 Å². The lowest BCUT2D eigenvalue weighted by Gasteiger charge is -2.10. The van der Waals surface area contributed by atoms with Gasteiger partial charge < -0.3 is 26.7 Å². The van der Waals surface area contributed by atoms with E-state index < -0.39 is 5.91 Å². The van der Waals surface area contributed by atoms with Crippen molar-refractivity contribution < 1.29 is 9.59 Å². The van der Waals surface area contributed by atoms with Gasteiger partial charge in [0, 0.05) is 36.6 Å². The Morgan fingerprint density at radius 1 is 1.33 bits per heavy atom. The molecule has 0 saturated heterocycles. The molecule has 0 saturated carbocycles. The van der Waals surface area contributed by atoms with E-state index in [9.17, 15) is 9.59 Å². The largest absolute Gasteiger partial charge is 0.392 e. The van der Waals surface area contributed by atoms with Crippen LogP contribution in [0.3, 0.4) is 0 Å². The van der Waals surface area contributed by atoms with Gasteiger partial charge in [-0.25, -0.2) is 9.97 Å². The Labute approximate surface area is 155 Å². The first-order valence-electron chi connectivity index (χ1n) is 8.13. The monoisotopic (exact) mass is 365 g/mol. The first kappa shape index (κ1) is 17.9. The van der Waals surface area contributed by atoms with E-state index in [0.717, 1.165) is 22.0 Å². The molecule has 1 aromatic carbocycles. The predicted octanol–water partition coefficient (Wildman–Crippen LogP) is 1.46. The zero-order valence-corrected chi connectivity index (χ0v) is 14.8. The third kappa shape index (κ3) is 3.56. The number of aryl methyl sites for hydroxylation is 1. The number of fused-ring (bicyclic) bond motifs is 1. The van der Waals surface area contributed by atoms with Crippen LogP contribution in [0.1, 0.15) is 5.56 Å².